The van der Waals surface area contributed by atoms with Gasteiger partial charge in [-0.05, 0) is 30.7 Å². The van der Waals surface area contributed by atoms with E-state index in [1.54, 1.807) is 6.92 Å². The Kier molecular flexibility index (Phi) is 3.15. The van der Waals surface area contributed by atoms with E-state index in [-0.39, 0.29) is 22.8 Å². The zero-order chi connectivity index (χ0) is 17.0. The number of halogens is 3. The number of benzene rings is 1. The first-order valence-corrected chi connectivity index (χ1v) is 7.72. The van der Waals surface area contributed by atoms with Crippen molar-refractivity contribution in [2.24, 2.45) is 0 Å². The number of aryl methyl sites for hydroxylation is 1. The Morgan fingerprint density at radius 3 is 2.39 bits per heavy atom. The van der Waals surface area contributed by atoms with E-state index in [0.29, 0.717) is 5.56 Å². The van der Waals surface area contributed by atoms with Gasteiger partial charge < -0.3 is 5.73 Å². The zero-order valence-electron chi connectivity index (χ0n) is 11.6. The monoisotopic (exact) mass is 345 g/mol. The molecule has 0 amide bonds. The van der Waals surface area contributed by atoms with Gasteiger partial charge in [-0.2, -0.15) is 21.6 Å². The summed E-state index contributed by atoms with van der Waals surface area (Å²) >= 11 is 0. The highest BCUT2D eigenvalue weighted by Crippen LogP contribution is 2.46. The lowest BCUT2D eigenvalue weighted by Gasteiger charge is -2.14. The van der Waals surface area contributed by atoms with Gasteiger partial charge >= 0.3 is 16.4 Å². The highest BCUT2D eigenvalue weighted by Gasteiger charge is 2.40. The van der Waals surface area contributed by atoms with Crippen LogP contribution in [0.25, 0.3) is 11.3 Å². The first kappa shape index (κ1) is 15.3. The Hall–Kier alpha value is -2.56. The first-order valence-electron chi connectivity index (χ1n) is 6.23. The minimum atomic E-state index is -4.71. The predicted octanol–water partition coefficient (Wildman–Crippen LogP) is 2.14. The Labute approximate surface area is 128 Å². The summed E-state index contributed by atoms with van der Waals surface area (Å²) in [6, 6.07) is 3.43. The van der Waals surface area contributed by atoms with Crippen molar-refractivity contribution in [2.75, 3.05) is 15.2 Å². The molecule has 1 aromatic carbocycles. The maximum Gasteiger partial charge on any atom is 0.418 e. The van der Waals surface area contributed by atoms with Gasteiger partial charge in [0.1, 0.15) is 5.82 Å². The molecule has 0 bridgehead atoms. The fourth-order valence-corrected chi connectivity index (χ4v) is 3.33. The second kappa shape index (κ2) is 4.72. The van der Waals surface area contributed by atoms with E-state index in [1.165, 1.54) is 6.07 Å². The lowest BCUT2D eigenvalue weighted by molar-refractivity contribution is -0.136. The standard InChI is InChI=1S/C12H10F3N5O2S/c1-5-4-8(16)17-18-9(5)6-2-3-7(12(13,14)15)11-10(6)19-23(21,22)20-11/h2-4,19-20H,1H3,(H2,16,17). The average Bonchev–Trinajstić information content (AvgIpc) is 2.71. The minimum absolute atomic E-state index is 0.147. The fourth-order valence-electron chi connectivity index (χ4n) is 2.31. The van der Waals surface area contributed by atoms with Crippen LogP contribution in [0.4, 0.5) is 30.4 Å². The van der Waals surface area contributed by atoms with Crippen LogP contribution >= 0.6 is 0 Å². The molecular formula is C12H10F3N5O2S. The van der Waals surface area contributed by atoms with Gasteiger partial charge in [-0.25, -0.2) is 0 Å². The van der Waals surface area contributed by atoms with Crippen LogP contribution in [0.15, 0.2) is 18.2 Å². The molecule has 0 atom stereocenters. The third-order valence-electron chi connectivity index (χ3n) is 3.24. The van der Waals surface area contributed by atoms with Crippen molar-refractivity contribution in [3.05, 3.63) is 29.3 Å². The summed E-state index contributed by atoms with van der Waals surface area (Å²) in [4.78, 5) is 0. The number of hydrogen-bond acceptors (Lipinski definition) is 5. The van der Waals surface area contributed by atoms with Crippen molar-refractivity contribution in [2.45, 2.75) is 13.1 Å². The number of alkyl halides is 3. The molecule has 0 spiro atoms. The van der Waals surface area contributed by atoms with Crippen molar-refractivity contribution >= 4 is 27.4 Å². The SMILES string of the molecule is Cc1cc(N)nnc1-c1ccc(C(F)(F)F)c2c1NS(=O)(=O)N2. The molecule has 0 unspecified atom stereocenters. The number of nitrogens with one attached hydrogen (secondary N) is 2. The maximum absolute atomic E-state index is 13.1. The normalized spacial score (nSPS) is 15.7. The second-order valence-corrected chi connectivity index (χ2v) is 6.33. The highest BCUT2D eigenvalue weighted by atomic mass is 32.2. The minimum Gasteiger partial charge on any atom is -0.382 e. The lowest BCUT2D eigenvalue weighted by atomic mass is 10.0. The van der Waals surface area contributed by atoms with E-state index >= 15 is 0 Å². The molecule has 0 saturated heterocycles. The van der Waals surface area contributed by atoms with Crippen LogP contribution in [0.3, 0.4) is 0 Å². The number of nitrogens with two attached hydrogens (primary N) is 1. The van der Waals surface area contributed by atoms with E-state index in [9.17, 15) is 21.6 Å². The molecule has 7 nitrogen and oxygen atoms in total. The van der Waals surface area contributed by atoms with Crippen LogP contribution in [0, 0.1) is 6.92 Å². The number of nitrogens with zero attached hydrogens (tertiary/aromatic N) is 2. The van der Waals surface area contributed by atoms with Gasteiger partial charge in [-0.15, -0.1) is 10.2 Å². The molecule has 122 valence electrons. The molecule has 2 aromatic rings. The van der Waals surface area contributed by atoms with Gasteiger partial charge in [0.15, 0.2) is 0 Å². The molecule has 1 aliphatic heterocycles. The van der Waals surface area contributed by atoms with Gasteiger partial charge in [0, 0.05) is 5.56 Å². The Balaban J connectivity index is 2.28. The van der Waals surface area contributed by atoms with E-state index < -0.39 is 27.6 Å². The van der Waals surface area contributed by atoms with Crippen LogP contribution in [-0.4, -0.2) is 18.6 Å². The molecule has 1 aromatic heterocycles. The molecule has 0 fully saturated rings. The van der Waals surface area contributed by atoms with Crippen molar-refractivity contribution in [1.29, 1.82) is 0 Å². The number of rotatable bonds is 1. The number of fused-ring (bicyclic) bond motifs is 1. The topological polar surface area (TPSA) is 110 Å². The summed E-state index contributed by atoms with van der Waals surface area (Å²) in [5.41, 5.74) is 4.57. The highest BCUT2D eigenvalue weighted by molar-refractivity contribution is 7.94. The van der Waals surface area contributed by atoms with Crippen molar-refractivity contribution in [3.63, 3.8) is 0 Å². The third-order valence-corrected chi connectivity index (χ3v) is 4.19. The molecule has 23 heavy (non-hydrogen) atoms. The first-order chi connectivity index (χ1) is 10.6. The van der Waals surface area contributed by atoms with Gasteiger partial charge in [-0.1, -0.05) is 0 Å². The summed E-state index contributed by atoms with van der Waals surface area (Å²) in [6.45, 7) is 1.64. The Bertz CT molecular complexity index is 912. The summed E-state index contributed by atoms with van der Waals surface area (Å²) in [5, 5.41) is 7.50. The van der Waals surface area contributed by atoms with Crippen LogP contribution in [0.5, 0.6) is 0 Å². The largest absolute Gasteiger partial charge is 0.418 e. The summed E-state index contributed by atoms with van der Waals surface area (Å²) in [5.74, 6) is 0.147. The van der Waals surface area contributed by atoms with Crippen LogP contribution in [-0.2, 0) is 16.4 Å². The van der Waals surface area contributed by atoms with Gasteiger partial charge in [0.2, 0.25) is 0 Å². The smallest absolute Gasteiger partial charge is 0.382 e. The number of hydrogen-bond donors (Lipinski definition) is 3. The molecular weight excluding hydrogens is 335 g/mol. The summed E-state index contributed by atoms with van der Waals surface area (Å²) < 4.78 is 66.4. The molecule has 4 N–H and O–H groups in total. The molecule has 11 heteroatoms. The van der Waals surface area contributed by atoms with Gasteiger partial charge in [-0.3, -0.25) is 9.44 Å². The van der Waals surface area contributed by atoms with E-state index in [1.807, 2.05) is 4.72 Å². The average molecular weight is 345 g/mol. The van der Waals surface area contributed by atoms with E-state index in [2.05, 4.69) is 14.9 Å². The summed E-state index contributed by atoms with van der Waals surface area (Å²) in [7, 11) is -4.11. The van der Waals surface area contributed by atoms with Crippen molar-refractivity contribution < 1.29 is 21.6 Å². The molecule has 2 heterocycles. The maximum atomic E-state index is 13.1. The number of aromatic nitrogens is 2. The molecule has 0 saturated carbocycles. The quantitative estimate of drug-likeness (QED) is 0.733. The summed E-state index contributed by atoms with van der Waals surface area (Å²) in [6.07, 6.45) is -4.71. The van der Waals surface area contributed by atoms with Gasteiger partial charge in [0.25, 0.3) is 0 Å². The van der Waals surface area contributed by atoms with Gasteiger partial charge in [0.05, 0.1) is 22.6 Å². The van der Waals surface area contributed by atoms with E-state index in [4.69, 9.17) is 5.73 Å². The van der Waals surface area contributed by atoms with Crippen LogP contribution in [0.1, 0.15) is 11.1 Å². The molecule has 0 aliphatic carbocycles. The molecule has 1 aliphatic rings. The predicted molar refractivity (Wildman–Crippen MR) is 77.8 cm³/mol. The fraction of sp³-hybridized carbons (Fsp3) is 0.167. The van der Waals surface area contributed by atoms with E-state index in [0.717, 1.165) is 12.1 Å². The lowest BCUT2D eigenvalue weighted by Crippen LogP contribution is -2.14. The number of anilines is 3. The Morgan fingerprint density at radius 2 is 1.78 bits per heavy atom. The second-order valence-electron chi connectivity index (χ2n) is 4.92. The van der Waals surface area contributed by atoms with Crippen LogP contribution in [0.2, 0.25) is 0 Å². The molecule has 0 radical (unpaired) electrons. The molecule has 3 rings (SSSR count). The zero-order valence-corrected chi connectivity index (χ0v) is 12.4. The Morgan fingerprint density at radius 1 is 1.13 bits per heavy atom. The van der Waals surface area contributed by atoms with Crippen molar-refractivity contribution in [3.8, 4) is 11.3 Å². The number of nitrogen functional groups attached to an aromatic ring is 1. The van der Waals surface area contributed by atoms with Crippen molar-refractivity contribution in [1.82, 2.24) is 10.2 Å². The third kappa shape index (κ3) is 2.63. The van der Waals surface area contributed by atoms with Crippen LogP contribution < -0.4 is 15.2 Å².